The zero-order valence-corrected chi connectivity index (χ0v) is 18.0. The number of benzene rings is 2. The Morgan fingerprint density at radius 2 is 1.79 bits per heavy atom. The molecule has 0 aliphatic carbocycles. The molecule has 0 aromatic heterocycles. The second-order valence-corrected chi connectivity index (χ2v) is 8.63. The minimum Gasteiger partial charge on any atom is -0.393 e. The topological polar surface area (TPSA) is 81.7 Å². The lowest BCUT2D eigenvalue weighted by atomic mass is 9.95. The maximum absolute atomic E-state index is 12.3. The molecule has 2 aromatic rings. The van der Waals surface area contributed by atoms with Gasteiger partial charge in [-0.15, -0.1) is 0 Å². The molecule has 2 aliphatic heterocycles. The van der Waals surface area contributed by atoms with E-state index < -0.39 is 5.91 Å². The van der Waals surface area contributed by atoms with Crippen LogP contribution in [0.4, 0.5) is 5.69 Å². The Labute approximate surface area is 183 Å². The van der Waals surface area contributed by atoms with Gasteiger partial charge in [0.15, 0.2) is 0 Å². The molecule has 4 rings (SSSR count). The largest absolute Gasteiger partial charge is 0.393 e. The third-order valence-corrected chi connectivity index (χ3v) is 5.96. The molecule has 0 bridgehead atoms. The molecule has 0 atom stereocenters. The molecular formula is C22H22IN3O3. The molecule has 2 heterocycles. The Morgan fingerprint density at radius 1 is 1.07 bits per heavy atom. The molecule has 0 unspecified atom stereocenters. The van der Waals surface area contributed by atoms with Gasteiger partial charge in [-0.2, -0.15) is 0 Å². The summed E-state index contributed by atoms with van der Waals surface area (Å²) in [5.74, 6) is -0.769. The third-order valence-electron chi connectivity index (χ3n) is 5.29. The highest BCUT2D eigenvalue weighted by Gasteiger charge is 2.27. The number of carbonyl (C=O) groups is 2. The predicted octanol–water partition coefficient (Wildman–Crippen LogP) is 2.97. The van der Waals surface area contributed by atoms with Gasteiger partial charge >= 0.3 is 0 Å². The van der Waals surface area contributed by atoms with E-state index in [-0.39, 0.29) is 12.0 Å². The summed E-state index contributed by atoms with van der Waals surface area (Å²) in [6, 6.07) is 13.5. The van der Waals surface area contributed by atoms with Gasteiger partial charge in [-0.05, 0) is 71.3 Å². The summed E-state index contributed by atoms with van der Waals surface area (Å²) in [5, 5.41) is 15.2. The number of aliphatic hydroxyl groups excluding tert-OH is 1. The van der Waals surface area contributed by atoms with E-state index >= 15 is 0 Å². The number of nitrogens with one attached hydrogen (secondary N) is 2. The van der Waals surface area contributed by atoms with Crippen LogP contribution in [0.25, 0.3) is 5.57 Å². The number of amides is 2. The van der Waals surface area contributed by atoms with Gasteiger partial charge in [-0.3, -0.25) is 19.8 Å². The van der Waals surface area contributed by atoms with Gasteiger partial charge in [0.05, 0.1) is 11.7 Å². The number of likely N-dealkylation sites (tertiary alicyclic amines) is 1. The van der Waals surface area contributed by atoms with Gasteiger partial charge < -0.3 is 10.4 Å². The molecule has 0 spiro atoms. The summed E-state index contributed by atoms with van der Waals surface area (Å²) in [6.07, 6.45) is 3.15. The second kappa shape index (κ2) is 8.64. The fraction of sp³-hybridized carbons (Fsp3) is 0.273. The summed E-state index contributed by atoms with van der Waals surface area (Å²) in [6.45, 7) is 2.70. The van der Waals surface area contributed by atoms with Crippen LogP contribution in [-0.4, -0.2) is 41.0 Å². The van der Waals surface area contributed by atoms with Crippen molar-refractivity contribution >= 4 is 45.7 Å². The molecule has 6 nitrogen and oxygen atoms in total. The summed E-state index contributed by atoms with van der Waals surface area (Å²) < 4.78 is 0.962. The number of hydrogen-bond acceptors (Lipinski definition) is 5. The standard InChI is InChI=1S/C22H22IN3O3/c23-15-3-6-18-19(11-15)20(22(29)25-21(18)28)12-24-16-4-1-14(2-5-16)13-26-9-7-17(27)8-10-26/h1-6,11-12,17,24,27H,7-10,13H2,(H,25,28,29). The first-order chi connectivity index (χ1) is 14.0. The van der Waals surface area contributed by atoms with Crippen molar-refractivity contribution in [2.24, 2.45) is 0 Å². The Morgan fingerprint density at radius 3 is 2.52 bits per heavy atom. The Kier molecular flexibility index (Phi) is 5.98. The van der Waals surface area contributed by atoms with Crippen LogP contribution in [0.2, 0.25) is 0 Å². The highest BCUT2D eigenvalue weighted by Crippen LogP contribution is 2.26. The van der Waals surface area contributed by atoms with Gasteiger partial charge in [0.25, 0.3) is 11.8 Å². The van der Waals surface area contributed by atoms with E-state index in [4.69, 9.17) is 0 Å². The van der Waals surface area contributed by atoms with E-state index in [1.807, 2.05) is 24.3 Å². The number of carbonyl (C=O) groups excluding carboxylic acids is 2. The normalized spacial score (nSPS) is 19.2. The van der Waals surface area contributed by atoms with Crippen LogP contribution in [0, 0.1) is 3.57 Å². The minimum absolute atomic E-state index is 0.161. The Balaban J connectivity index is 1.46. The first kappa shape index (κ1) is 20.1. The Bertz CT molecular complexity index is 964. The number of anilines is 1. The number of imide groups is 1. The number of rotatable bonds is 4. The fourth-order valence-electron chi connectivity index (χ4n) is 3.64. The molecule has 0 saturated carbocycles. The molecule has 1 fully saturated rings. The number of fused-ring (bicyclic) bond motifs is 1. The highest BCUT2D eigenvalue weighted by molar-refractivity contribution is 14.1. The van der Waals surface area contributed by atoms with Gasteiger partial charge in [-0.25, -0.2) is 0 Å². The van der Waals surface area contributed by atoms with Crippen molar-refractivity contribution in [3.63, 3.8) is 0 Å². The van der Waals surface area contributed by atoms with Gasteiger partial charge in [0.1, 0.15) is 0 Å². The van der Waals surface area contributed by atoms with Crippen molar-refractivity contribution < 1.29 is 14.7 Å². The average Bonchev–Trinajstić information content (AvgIpc) is 2.70. The zero-order chi connectivity index (χ0) is 20.4. The van der Waals surface area contributed by atoms with Crippen LogP contribution in [0.15, 0.2) is 48.7 Å². The van der Waals surface area contributed by atoms with Crippen molar-refractivity contribution in [2.45, 2.75) is 25.5 Å². The maximum atomic E-state index is 12.3. The van der Waals surface area contributed by atoms with E-state index in [1.165, 1.54) is 5.56 Å². The van der Waals surface area contributed by atoms with E-state index in [0.29, 0.717) is 16.7 Å². The molecule has 2 amide bonds. The SMILES string of the molecule is O=C1NC(=O)c2ccc(I)cc2C1=CNc1ccc(CN2CCC(O)CC2)cc1. The number of hydrogen-bond donors (Lipinski definition) is 3. The van der Waals surface area contributed by atoms with Crippen molar-refractivity contribution in [3.05, 3.63) is 68.9 Å². The van der Waals surface area contributed by atoms with Crippen LogP contribution >= 0.6 is 22.6 Å². The van der Waals surface area contributed by atoms with Crippen LogP contribution < -0.4 is 10.6 Å². The molecule has 150 valence electrons. The van der Waals surface area contributed by atoms with E-state index in [1.54, 1.807) is 12.3 Å². The van der Waals surface area contributed by atoms with Crippen LogP contribution in [-0.2, 0) is 11.3 Å². The van der Waals surface area contributed by atoms with Crippen LogP contribution in [0.3, 0.4) is 0 Å². The predicted molar refractivity (Wildman–Crippen MR) is 120 cm³/mol. The molecule has 1 saturated heterocycles. The van der Waals surface area contributed by atoms with E-state index in [9.17, 15) is 14.7 Å². The summed E-state index contributed by atoms with van der Waals surface area (Å²) in [4.78, 5) is 26.7. The van der Waals surface area contributed by atoms with Crippen molar-refractivity contribution in [1.29, 1.82) is 0 Å². The van der Waals surface area contributed by atoms with E-state index in [2.05, 4.69) is 50.3 Å². The first-order valence-corrected chi connectivity index (χ1v) is 10.7. The van der Waals surface area contributed by atoms with Crippen LogP contribution in [0.5, 0.6) is 0 Å². The van der Waals surface area contributed by atoms with Crippen LogP contribution in [0.1, 0.15) is 34.3 Å². The third kappa shape index (κ3) is 4.68. The monoisotopic (exact) mass is 503 g/mol. The number of nitrogens with zero attached hydrogens (tertiary/aromatic N) is 1. The van der Waals surface area contributed by atoms with Crippen molar-refractivity contribution in [1.82, 2.24) is 10.2 Å². The molecule has 2 aliphatic rings. The number of aliphatic hydroxyl groups is 1. The van der Waals surface area contributed by atoms with Gasteiger partial charge in [-0.1, -0.05) is 12.1 Å². The van der Waals surface area contributed by atoms with Gasteiger partial charge in [0, 0.05) is 46.2 Å². The van der Waals surface area contributed by atoms with Crippen molar-refractivity contribution in [3.8, 4) is 0 Å². The Hall–Kier alpha value is -2.23. The molecule has 29 heavy (non-hydrogen) atoms. The van der Waals surface area contributed by atoms with Gasteiger partial charge in [0.2, 0.25) is 0 Å². The number of piperidine rings is 1. The zero-order valence-electron chi connectivity index (χ0n) is 15.8. The quantitative estimate of drug-likeness (QED) is 0.340. The summed E-state index contributed by atoms with van der Waals surface area (Å²) in [5.41, 5.74) is 3.66. The lowest BCUT2D eigenvalue weighted by molar-refractivity contribution is -0.114. The molecular weight excluding hydrogens is 481 g/mol. The van der Waals surface area contributed by atoms with E-state index in [0.717, 1.165) is 41.7 Å². The molecule has 0 radical (unpaired) electrons. The van der Waals surface area contributed by atoms with Crippen molar-refractivity contribution in [2.75, 3.05) is 18.4 Å². The second-order valence-electron chi connectivity index (χ2n) is 7.38. The summed E-state index contributed by atoms with van der Waals surface area (Å²) in [7, 11) is 0. The first-order valence-electron chi connectivity index (χ1n) is 9.61. The average molecular weight is 503 g/mol. The molecule has 3 N–H and O–H groups in total. The number of halogens is 1. The fourth-order valence-corrected chi connectivity index (χ4v) is 4.13. The minimum atomic E-state index is -0.402. The molecule has 2 aromatic carbocycles. The smallest absolute Gasteiger partial charge is 0.260 e. The summed E-state index contributed by atoms with van der Waals surface area (Å²) >= 11 is 2.17. The maximum Gasteiger partial charge on any atom is 0.260 e. The lowest BCUT2D eigenvalue weighted by Gasteiger charge is -2.29. The highest BCUT2D eigenvalue weighted by atomic mass is 127. The lowest BCUT2D eigenvalue weighted by Crippen LogP contribution is -2.36. The molecule has 7 heteroatoms.